The van der Waals surface area contributed by atoms with Gasteiger partial charge in [-0.3, -0.25) is 0 Å². The zero-order chi connectivity index (χ0) is 12.7. The molecule has 0 radical (unpaired) electrons. The molecule has 0 aromatic heterocycles. The largest absolute Gasteiger partial charge is 0.496 e. The average molecular weight is 239 g/mol. The zero-order valence-corrected chi connectivity index (χ0v) is 10.7. The van der Waals surface area contributed by atoms with Crippen molar-refractivity contribution in [3.8, 4) is 17.2 Å². The van der Waals surface area contributed by atoms with Crippen LogP contribution in [-0.4, -0.2) is 26.9 Å². The molecule has 0 amide bonds. The molecule has 1 rings (SSSR count). The van der Waals surface area contributed by atoms with Crippen molar-refractivity contribution in [3.63, 3.8) is 0 Å². The molecule has 4 heteroatoms. The first-order valence-electron chi connectivity index (χ1n) is 5.79. The highest BCUT2D eigenvalue weighted by Crippen LogP contribution is 2.28. The van der Waals surface area contributed by atoms with E-state index in [4.69, 9.17) is 19.9 Å². The Morgan fingerprint density at radius 1 is 1.06 bits per heavy atom. The van der Waals surface area contributed by atoms with Gasteiger partial charge in [0.1, 0.15) is 17.2 Å². The molecule has 0 fully saturated rings. The maximum Gasteiger partial charge on any atom is 0.127 e. The molecule has 0 aliphatic heterocycles. The van der Waals surface area contributed by atoms with Crippen LogP contribution in [-0.2, 0) is 0 Å². The Morgan fingerprint density at radius 2 is 1.59 bits per heavy atom. The van der Waals surface area contributed by atoms with Crippen molar-refractivity contribution < 1.29 is 14.2 Å². The summed E-state index contributed by atoms with van der Waals surface area (Å²) < 4.78 is 16.1. The van der Waals surface area contributed by atoms with E-state index in [0.717, 1.165) is 30.1 Å². The van der Waals surface area contributed by atoms with Crippen LogP contribution in [0.15, 0.2) is 18.2 Å². The van der Waals surface area contributed by atoms with Crippen LogP contribution in [0.3, 0.4) is 0 Å². The first-order chi connectivity index (χ1) is 8.19. The van der Waals surface area contributed by atoms with Gasteiger partial charge in [-0.1, -0.05) is 0 Å². The third-order valence-electron chi connectivity index (χ3n) is 2.48. The highest BCUT2D eigenvalue weighted by atomic mass is 16.5. The summed E-state index contributed by atoms with van der Waals surface area (Å²) in [5.41, 5.74) is 5.47. The van der Waals surface area contributed by atoms with E-state index >= 15 is 0 Å². The molecule has 0 saturated carbocycles. The van der Waals surface area contributed by atoms with Gasteiger partial charge in [-0.05, 0) is 26.3 Å². The number of rotatable bonds is 7. The molecule has 0 aliphatic rings. The lowest BCUT2D eigenvalue weighted by atomic mass is 10.2. The van der Waals surface area contributed by atoms with Crippen LogP contribution in [0, 0.1) is 0 Å². The Labute approximate surface area is 103 Å². The van der Waals surface area contributed by atoms with Crippen LogP contribution >= 0.6 is 0 Å². The van der Waals surface area contributed by atoms with Crippen molar-refractivity contribution in [2.45, 2.75) is 25.9 Å². The number of hydrogen-bond donors (Lipinski definition) is 1. The summed E-state index contributed by atoms with van der Waals surface area (Å²) in [7, 11) is 3.24. The zero-order valence-electron chi connectivity index (χ0n) is 10.7. The second kappa shape index (κ2) is 7.01. The van der Waals surface area contributed by atoms with E-state index in [1.54, 1.807) is 14.2 Å². The van der Waals surface area contributed by atoms with Gasteiger partial charge in [0.25, 0.3) is 0 Å². The van der Waals surface area contributed by atoms with Gasteiger partial charge >= 0.3 is 0 Å². The van der Waals surface area contributed by atoms with Crippen LogP contribution in [0.1, 0.15) is 19.8 Å². The summed E-state index contributed by atoms with van der Waals surface area (Å²) in [5.74, 6) is 2.21. The Bertz CT molecular complexity index is 319. The predicted octanol–water partition coefficient (Wildman–Crippen LogP) is 2.21. The lowest BCUT2D eigenvalue weighted by molar-refractivity contribution is 0.207. The first-order valence-corrected chi connectivity index (χ1v) is 5.79. The molecule has 0 spiro atoms. The smallest absolute Gasteiger partial charge is 0.127 e. The van der Waals surface area contributed by atoms with E-state index in [1.807, 2.05) is 25.1 Å². The average Bonchev–Trinajstić information content (AvgIpc) is 2.35. The van der Waals surface area contributed by atoms with Crippen LogP contribution in [0.5, 0.6) is 17.2 Å². The molecule has 1 aromatic rings. The summed E-state index contributed by atoms with van der Waals surface area (Å²) in [4.78, 5) is 0. The van der Waals surface area contributed by atoms with E-state index in [0.29, 0.717) is 6.54 Å². The fourth-order valence-corrected chi connectivity index (χ4v) is 1.55. The number of benzene rings is 1. The van der Waals surface area contributed by atoms with E-state index < -0.39 is 0 Å². The molecule has 1 atom stereocenters. The van der Waals surface area contributed by atoms with E-state index in [2.05, 4.69) is 0 Å². The first kappa shape index (κ1) is 13.6. The Balaban J connectivity index is 2.68. The van der Waals surface area contributed by atoms with Crippen LogP contribution < -0.4 is 19.9 Å². The standard InChI is InChI=1S/C13H21NO3/c1-10(5-4-6-14)17-13-8-11(15-2)7-12(9-13)16-3/h7-10H,4-6,14H2,1-3H3. The topological polar surface area (TPSA) is 53.7 Å². The summed E-state index contributed by atoms with van der Waals surface area (Å²) in [6.45, 7) is 2.72. The fraction of sp³-hybridized carbons (Fsp3) is 0.538. The van der Waals surface area contributed by atoms with Crippen molar-refractivity contribution >= 4 is 0 Å². The maximum absolute atomic E-state index is 5.79. The third kappa shape index (κ3) is 4.53. The number of hydrogen-bond acceptors (Lipinski definition) is 4. The van der Waals surface area contributed by atoms with Crippen molar-refractivity contribution in [3.05, 3.63) is 18.2 Å². The van der Waals surface area contributed by atoms with Gasteiger partial charge in [-0.2, -0.15) is 0 Å². The maximum atomic E-state index is 5.79. The van der Waals surface area contributed by atoms with Gasteiger partial charge in [0.05, 0.1) is 20.3 Å². The highest BCUT2D eigenvalue weighted by molar-refractivity contribution is 5.42. The Kier molecular flexibility index (Phi) is 5.63. The Morgan fingerprint density at radius 3 is 2.06 bits per heavy atom. The molecule has 4 nitrogen and oxygen atoms in total. The monoisotopic (exact) mass is 239 g/mol. The quantitative estimate of drug-likeness (QED) is 0.792. The number of ether oxygens (including phenoxy) is 3. The fourth-order valence-electron chi connectivity index (χ4n) is 1.55. The van der Waals surface area contributed by atoms with Gasteiger partial charge in [0.15, 0.2) is 0 Å². The molecule has 1 unspecified atom stereocenters. The normalized spacial score (nSPS) is 12.0. The van der Waals surface area contributed by atoms with E-state index in [1.165, 1.54) is 0 Å². The molecule has 17 heavy (non-hydrogen) atoms. The van der Waals surface area contributed by atoms with Gasteiger partial charge in [-0.25, -0.2) is 0 Å². The summed E-state index contributed by atoms with van der Waals surface area (Å²) >= 11 is 0. The van der Waals surface area contributed by atoms with Crippen molar-refractivity contribution in [2.75, 3.05) is 20.8 Å². The Hall–Kier alpha value is -1.42. The highest BCUT2D eigenvalue weighted by Gasteiger charge is 2.07. The van der Waals surface area contributed by atoms with Crippen LogP contribution in [0.2, 0.25) is 0 Å². The lowest BCUT2D eigenvalue weighted by Crippen LogP contribution is -2.14. The van der Waals surface area contributed by atoms with Crippen LogP contribution in [0.4, 0.5) is 0 Å². The molecule has 0 aliphatic carbocycles. The molecule has 2 N–H and O–H groups in total. The number of nitrogens with two attached hydrogens (primary N) is 1. The van der Waals surface area contributed by atoms with E-state index in [9.17, 15) is 0 Å². The molecule has 1 aromatic carbocycles. The molecular formula is C13H21NO3. The van der Waals surface area contributed by atoms with Gasteiger partial charge < -0.3 is 19.9 Å². The minimum Gasteiger partial charge on any atom is -0.496 e. The van der Waals surface area contributed by atoms with Crippen molar-refractivity contribution in [2.24, 2.45) is 5.73 Å². The summed E-state index contributed by atoms with van der Waals surface area (Å²) in [6.07, 6.45) is 2.04. The van der Waals surface area contributed by atoms with Crippen molar-refractivity contribution in [1.29, 1.82) is 0 Å². The van der Waals surface area contributed by atoms with Gasteiger partial charge in [-0.15, -0.1) is 0 Å². The molecule has 0 bridgehead atoms. The minimum atomic E-state index is 0.135. The third-order valence-corrected chi connectivity index (χ3v) is 2.48. The molecule has 0 heterocycles. The summed E-state index contributed by atoms with van der Waals surface area (Å²) in [5, 5.41) is 0. The summed E-state index contributed by atoms with van der Waals surface area (Å²) in [6, 6.07) is 5.51. The number of methoxy groups -OCH3 is 2. The van der Waals surface area contributed by atoms with Crippen LogP contribution in [0.25, 0.3) is 0 Å². The molecule has 96 valence electrons. The lowest BCUT2D eigenvalue weighted by Gasteiger charge is -2.15. The molecular weight excluding hydrogens is 218 g/mol. The van der Waals surface area contributed by atoms with Gasteiger partial charge in [0.2, 0.25) is 0 Å². The molecule has 0 saturated heterocycles. The second-order valence-corrected chi connectivity index (χ2v) is 3.91. The predicted molar refractivity (Wildman–Crippen MR) is 67.9 cm³/mol. The minimum absolute atomic E-state index is 0.135. The van der Waals surface area contributed by atoms with E-state index in [-0.39, 0.29) is 6.10 Å². The second-order valence-electron chi connectivity index (χ2n) is 3.91. The SMILES string of the molecule is COc1cc(OC)cc(OC(C)CCCN)c1. The van der Waals surface area contributed by atoms with Gasteiger partial charge in [0, 0.05) is 18.2 Å². The van der Waals surface area contributed by atoms with Crippen molar-refractivity contribution in [1.82, 2.24) is 0 Å².